The van der Waals surface area contributed by atoms with E-state index in [9.17, 15) is 9.59 Å². The van der Waals surface area contributed by atoms with E-state index in [2.05, 4.69) is 4.98 Å². The van der Waals surface area contributed by atoms with Gasteiger partial charge in [0.2, 0.25) is 0 Å². The maximum absolute atomic E-state index is 10.4. The molecule has 1 aromatic rings. The van der Waals surface area contributed by atoms with Gasteiger partial charge in [-0.1, -0.05) is 0 Å². The molecule has 0 aromatic carbocycles. The average Bonchev–Trinajstić information content (AvgIpc) is 1.93. The van der Waals surface area contributed by atoms with E-state index >= 15 is 0 Å². The lowest BCUT2D eigenvalue weighted by molar-refractivity contribution is 1.09. The number of nitrogens with zero attached hydrogens (tertiary/aromatic N) is 1. The molecule has 0 radical (unpaired) electrons. The Kier molecular flexibility index (Phi) is 6.83. The van der Waals surface area contributed by atoms with Gasteiger partial charge in [-0.2, -0.15) is 0 Å². The Morgan fingerprint density at radius 1 is 1.27 bits per heavy atom. The molecule has 0 atom stereocenters. The van der Waals surface area contributed by atoms with Crippen molar-refractivity contribution in [3.63, 3.8) is 0 Å². The SMILES string of the molecule is Cl.Cl.O=c1cccnc(=O)[nH]1. The molecule has 0 spiro atoms. The Morgan fingerprint density at radius 3 is 2.55 bits per heavy atom. The quantitative estimate of drug-likeness (QED) is 0.635. The van der Waals surface area contributed by atoms with Crippen LogP contribution in [-0.2, 0) is 0 Å². The third kappa shape index (κ3) is 4.52. The van der Waals surface area contributed by atoms with Gasteiger partial charge in [-0.15, -0.1) is 24.8 Å². The van der Waals surface area contributed by atoms with Gasteiger partial charge in [0.25, 0.3) is 5.56 Å². The van der Waals surface area contributed by atoms with E-state index in [4.69, 9.17) is 0 Å². The van der Waals surface area contributed by atoms with Gasteiger partial charge in [0, 0.05) is 12.3 Å². The van der Waals surface area contributed by atoms with Crippen LogP contribution in [0.15, 0.2) is 27.9 Å². The van der Waals surface area contributed by atoms with Crippen molar-refractivity contribution in [2.24, 2.45) is 0 Å². The Labute approximate surface area is 74.5 Å². The number of aromatic amines is 1. The van der Waals surface area contributed by atoms with E-state index in [1.807, 2.05) is 4.98 Å². The lowest BCUT2D eigenvalue weighted by Crippen LogP contribution is -2.14. The molecule has 0 amide bonds. The van der Waals surface area contributed by atoms with Gasteiger partial charge in [-0.3, -0.25) is 9.78 Å². The molecular weight excluding hydrogens is 191 g/mol. The summed E-state index contributed by atoms with van der Waals surface area (Å²) in [6, 6.07) is 2.63. The molecule has 0 unspecified atom stereocenters. The van der Waals surface area contributed by atoms with Crippen LogP contribution in [0.4, 0.5) is 0 Å². The highest BCUT2D eigenvalue weighted by Crippen LogP contribution is 1.58. The lowest BCUT2D eigenvalue weighted by Gasteiger charge is -1.61. The Balaban J connectivity index is 0. The summed E-state index contributed by atoms with van der Waals surface area (Å²) < 4.78 is 0. The molecule has 0 aliphatic carbocycles. The molecule has 1 rings (SSSR count). The van der Waals surface area contributed by atoms with Crippen LogP contribution in [0.25, 0.3) is 0 Å². The van der Waals surface area contributed by atoms with Crippen molar-refractivity contribution in [3.8, 4) is 0 Å². The topological polar surface area (TPSA) is 62.8 Å². The van der Waals surface area contributed by atoms with Gasteiger partial charge in [0.1, 0.15) is 0 Å². The van der Waals surface area contributed by atoms with Crippen molar-refractivity contribution in [1.29, 1.82) is 0 Å². The molecule has 6 heteroatoms. The zero-order chi connectivity index (χ0) is 6.69. The molecular formula is C5H6Cl2N2O2. The Morgan fingerprint density at radius 2 is 1.91 bits per heavy atom. The molecule has 0 aliphatic heterocycles. The molecule has 0 bridgehead atoms. The van der Waals surface area contributed by atoms with Crippen molar-refractivity contribution in [2.45, 2.75) is 0 Å². The first-order chi connectivity index (χ1) is 4.29. The molecule has 1 aromatic heterocycles. The van der Waals surface area contributed by atoms with Crippen LogP contribution in [0.5, 0.6) is 0 Å². The number of rotatable bonds is 0. The van der Waals surface area contributed by atoms with E-state index in [0.29, 0.717) is 0 Å². The number of aromatic nitrogens is 2. The van der Waals surface area contributed by atoms with Crippen LogP contribution in [0, 0.1) is 0 Å². The first-order valence-electron chi connectivity index (χ1n) is 2.35. The van der Waals surface area contributed by atoms with E-state index in [-0.39, 0.29) is 24.8 Å². The van der Waals surface area contributed by atoms with Crippen LogP contribution in [0.2, 0.25) is 0 Å². The third-order valence-electron chi connectivity index (χ3n) is 0.756. The molecule has 11 heavy (non-hydrogen) atoms. The molecule has 0 fully saturated rings. The van der Waals surface area contributed by atoms with Crippen LogP contribution in [0.1, 0.15) is 0 Å². The molecule has 0 aliphatic rings. The summed E-state index contributed by atoms with van der Waals surface area (Å²) in [6.07, 6.45) is 1.26. The first kappa shape index (κ1) is 12.8. The second-order valence-corrected chi connectivity index (χ2v) is 1.43. The van der Waals surface area contributed by atoms with E-state index < -0.39 is 11.2 Å². The van der Waals surface area contributed by atoms with Crippen molar-refractivity contribution in [2.75, 3.05) is 0 Å². The van der Waals surface area contributed by atoms with Gasteiger partial charge < -0.3 is 0 Å². The lowest BCUT2D eigenvalue weighted by atomic mass is 10.6. The largest absolute Gasteiger partial charge is 0.347 e. The van der Waals surface area contributed by atoms with E-state index in [0.717, 1.165) is 0 Å². The summed E-state index contributed by atoms with van der Waals surface area (Å²) in [7, 11) is 0. The van der Waals surface area contributed by atoms with Gasteiger partial charge in [-0.25, -0.2) is 9.78 Å². The second-order valence-electron chi connectivity index (χ2n) is 1.43. The van der Waals surface area contributed by atoms with Crippen molar-refractivity contribution in [1.82, 2.24) is 9.97 Å². The van der Waals surface area contributed by atoms with E-state index in [1.165, 1.54) is 18.3 Å². The molecule has 62 valence electrons. The molecule has 1 N–H and O–H groups in total. The van der Waals surface area contributed by atoms with Crippen LogP contribution in [-0.4, -0.2) is 9.97 Å². The first-order valence-corrected chi connectivity index (χ1v) is 2.35. The maximum Gasteiger partial charge on any atom is 0.347 e. The zero-order valence-corrected chi connectivity index (χ0v) is 6.95. The Hall–Kier alpha value is -0.870. The van der Waals surface area contributed by atoms with Crippen LogP contribution >= 0.6 is 24.8 Å². The summed E-state index contributed by atoms with van der Waals surface area (Å²) >= 11 is 0. The summed E-state index contributed by atoms with van der Waals surface area (Å²) in [4.78, 5) is 26.0. The number of halogens is 2. The molecule has 4 nitrogen and oxygen atoms in total. The summed E-state index contributed by atoms with van der Waals surface area (Å²) in [5.41, 5.74) is -1.05. The predicted molar refractivity (Wildman–Crippen MR) is 45.6 cm³/mol. The highest BCUT2D eigenvalue weighted by Gasteiger charge is 1.78. The fraction of sp³-hybridized carbons (Fsp3) is 0. The van der Waals surface area contributed by atoms with Gasteiger partial charge >= 0.3 is 5.69 Å². The third-order valence-corrected chi connectivity index (χ3v) is 0.756. The number of hydrogen-bond acceptors (Lipinski definition) is 3. The minimum Gasteiger partial charge on any atom is -0.273 e. The standard InChI is InChI=1S/C5H4N2O2.2ClH/c8-4-2-1-3-6-5(9)7-4;;/h1-3H,(H,7,8,9);2*1H. The second kappa shape index (κ2) is 5.88. The van der Waals surface area contributed by atoms with Crippen LogP contribution < -0.4 is 11.2 Å². The van der Waals surface area contributed by atoms with E-state index in [1.54, 1.807) is 0 Å². The van der Waals surface area contributed by atoms with Gasteiger partial charge in [-0.05, 0) is 6.07 Å². The maximum atomic E-state index is 10.4. The van der Waals surface area contributed by atoms with Gasteiger partial charge in [0.15, 0.2) is 0 Å². The monoisotopic (exact) mass is 196 g/mol. The number of hydrogen-bond donors (Lipinski definition) is 1. The summed E-state index contributed by atoms with van der Waals surface area (Å²) in [6.45, 7) is 0. The highest BCUT2D eigenvalue weighted by molar-refractivity contribution is 5.85. The molecule has 1 heterocycles. The normalized spacial score (nSPS) is 7.27. The summed E-state index contributed by atoms with van der Waals surface area (Å²) in [5, 5.41) is 0. The fourth-order valence-electron chi connectivity index (χ4n) is 0.420. The fourth-order valence-corrected chi connectivity index (χ4v) is 0.420. The van der Waals surface area contributed by atoms with Crippen molar-refractivity contribution >= 4 is 24.8 Å². The Bertz CT molecular complexity index is 282. The van der Waals surface area contributed by atoms with Crippen molar-refractivity contribution < 1.29 is 0 Å². The van der Waals surface area contributed by atoms with Crippen LogP contribution in [0.3, 0.4) is 0 Å². The highest BCUT2D eigenvalue weighted by atomic mass is 35.5. The minimum atomic E-state index is -0.620. The number of nitrogens with one attached hydrogen (secondary N) is 1. The smallest absolute Gasteiger partial charge is 0.273 e. The average molecular weight is 197 g/mol. The molecule has 0 saturated heterocycles. The summed E-state index contributed by atoms with van der Waals surface area (Å²) in [5.74, 6) is 0. The minimum absolute atomic E-state index is 0. The van der Waals surface area contributed by atoms with Crippen molar-refractivity contribution in [3.05, 3.63) is 39.2 Å². The predicted octanol–water partition coefficient (Wildman–Crippen LogP) is -0.0263. The van der Waals surface area contributed by atoms with Gasteiger partial charge in [0.05, 0.1) is 0 Å². The zero-order valence-electron chi connectivity index (χ0n) is 5.31. The number of H-pyrrole nitrogens is 1. The molecule has 0 saturated carbocycles.